The lowest BCUT2D eigenvalue weighted by Crippen LogP contribution is -2.21. The maximum atomic E-state index is 13.9. The minimum absolute atomic E-state index is 0.0215. The van der Waals surface area contributed by atoms with E-state index in [0.717, 1.165) is 17.5 Å². The first kappa shape index (κ1) is 15.8. The maximum absolute atomic E-state index is 13.9. The Hall–Kier alpha value is -1.58. The second kappa shape index (κ2) is 6.92. The number of nitrogens with two attached hydrogens (primary N) is 1. The van der Waals surface area contributed by atoms with Crippen LogP contribution in [0.3, 0.4) is 0 Å². The van der Waals surface area contributed by atoms with Crippen LogP contribution in [0.5, 0.6) is 11.5 Å². The fourth-order valence-electron chi connectivity index (χ4n) is 2.05. The van der Waals surface area contributed by atoms with E-state index in [1.54, 1.807) is 18.2 Å². The van der Waals surface area contributed by atoms with Gasteiger partial charge in [0.05, 0.1) is 5.02 Å². The molecule has 112 valence electrons. The van der Waals surface area contributed by atoms with Crippen molar-refractivity contribution in [1.29, 1.82) is 0 Å². The molecule has 0 aliphatic heterocycles. The number of aryl methyl sites for hydroxylation is 1. The molecule has 0 radical (unpaired) electrons. The lowest BCUT2D eigenvalue weighted by atomic mass is 10.0. The molecular formula is C17H19ClFNO. The number of ether oxygens (including phenoxy) is 1. The SMILES string of the molecule is CCC(N)Cc1cccc(Cl)c1Oc1cc(C)ccc1F. The molecule has 0 fully saturated rings. The smallest absolute Gasteiger partial charge is 0.165 e. The van der Waals surface area contributed by atoms with Gasteiger partial charge in [0.15, 0.2) is 11.6 Å². The van der Waals surface area contributed by atoms with Crippen LogP contribution in [-0.2, 0) is 6.42 Å². The molecule has 21 heavy (non-hydrogen) atoms. The minimum atomic E-state index is -0.411. The van der Waals surface area contributed by atoms with Crippen LogP contribution >= 0.6 is 11.6 Å². The summed E-state index contributed by atoms with van der Waals surface area (Å²) in [6.45, 7) is 3.91. The lowest BCUT2D eigenvalue weighted by molar-refractivity contribution is 0.435. The van der Waals surface area contributed by atoms with Crippen molar-refractivity contribution in [3.8, 4) is 11.5 Å². The van der Waals surface area contributed by atoms with E-state index in [9.17, 15) is 4.39 Å². The summed E-state index contributed by atoms with van der Waals surface area (Å²) in [4.78, 5) is 0. The molecule has 2 aromatic rings. The molecule has 1 atom stereocenters. The van der Waals surface area contributed by atoms with Gasteiger partial charge in [-0.15, -0.1) is 0 Å². The molecule has 0 saturated heterocycles. The number of hydrogen-bond donors (Lipinski definition) is 1. The standard InChI is InChI=1S/C17H19ClFNO/c1-3-13(20)10-12-5-4-6-14(18)17(12)21-16-9-11(2)7-8-15(16)19/h4-9,13H,3,10,20H2,1-2H3. The number of rotatable bonds is 5. The van der Waals surface area contributed by atoms with Gasteiger partial charge in [-0.25, -0.2) is 4.39 Å². The molecule has 0 bridgehead atoms. The predicted molar refractivity (Wildman–Crippen MR) is 84.6 cm³/mol. The van der Waals surface area contributed by atoms with Crippen LogP contribution in [0.25, 0.3) is 0 Å². The zero-order valence-electron chi connectivity index (χ0n) is 12.2. The highest BCUT2D eigenvalue weighted by Gasteiger charge is 2.14. The van der Waals surface area contributed by atoms with Gasteiger partial charge in [-0.2, -0.15) is 0 Å². The molecular weight excluding hydrogens is 289 g/mol. The molecule has 2 rings (SSSR count). The molecule has 4 heteroatoms. The third-order valence-electron chi connectivity index (χ3n) is 3.35. The van der Waals surface area contributed by atoms with Crippen molar-refractivity contribution < 1.29 is 9.13 Å². The molecule has 2 nitrogen and oxygen atoms in total. The summed E-state index contributed by atoms with van der Waals surface area (Å²) < 4.78 is 19.6. The van der Waals surface area contributed by atoms with Crippen molar-refractivity contribution >= 4 is 11.6 Å². The molecule has 0 heterocycles. The Morgan fingerprint density at radius 1 is 1.29 bits per heavy atom. The molecule has 1 unspecified atom stereocenters. The van der Waals surface area contributed by atoms with E-state index in [1.807, 2.05) is 26.0 Å². The molecule has 0 aliphatic carbocycles. The molecule has 2 aromatic carbocycles. The highest BCUT2D eigenvalue weighted by Crippen LogP contribution is 2.35. The first-order valence-corrected chi connectivity index (χ1v) is 7.36. The number of benzene rings is 2. The quantitative estimate of drug-likeness (QED) is 0.856. The molecule has 2 N–H and O–H groups in total. The van der Waals surface area contributed by atoms with Gasteiger partial charge in [0.25, 0.3) is 0 Å². The fourth-order valence-corrected chi connectivity index (χ4v) is 2.29. The van der Waals surface area contributed by atoms with E-state index in [-0.39, 0.29) is 11.8 Å². The van der Waals surface area contributed by atoms with E-state index in [1.165, 1.54) is 6.07 Å². The minimum Gasteiger partial charge on any atom is -0.452 e. The summed E-state index contributed by atoms with van der Waals surface area (Å²) in [5, 5.41) is 0.455. The molecule has 0 aliphatic rings. The van der Waals surface area contributed by atoms with Crippen molar-refractivity contribution in [2.75, 3.05) is 0 Å². The molecule has 0 spiro atoms. The van der Waals surface area contributed by atoms with E-state index in [0.29, 0.717) is 17.2 Å². The van der Waals surface area contributed by atoms with Crippen LogP contribution in [-0.4, -0.2) is 6.04 Å². The van der Waals surface area contributed by atoms with Gasteiger partial charge in [-0.3, -0.25) is 0 Å². The summed E-state index contributed by atoms with van der Waals surface area (Å²) in [5.41, 5.74) is 7.81. The van der Waals surface area contributed by atoms with Gasteiger partial charge < -0.3 is 10.5 Å². The average Bonchev–Trinajstić information content (AvgIpc) is 2.46. The summed E-state index contributed by atoms with van der Waals surface area (Å²) in [6, 6.07) is 10.2. The van der Waals surface area contributed by atoms with Crippen molar-refractivity contribution in [2.24, 2.45) is 5.73 Å². The Bertz CT molecular complexity index is 630. The van der Waals surface area contributed by atoms with Gasteiger partial charge in [-0.1, -0.05) is 36.7 Å². The van der Waals surface area contributed by atoms with Crippen molar-refractivity contribution in [3.05, 3.63) is 58.4 Å². The van der Waals surface area contributed by atoms with Crippen molar-refractivity contribution in [2.45, 2.75) is 32.7 Å². The summed E-state index contributed by atoms with van der Waals surface area (Å²) >= 11 is 6.21. The largest absolute Gasteiger partial charge is 0.452 e. The average molecular weight is 308 g/mol. The maximum Gasteiger partial charge on any atom is 0.165 e. The number of hydrogen-bond acceptors (Lipinski definition) is 2. The summed E-state index contributed by atoms with van der Waals surface area (Å²) in [6.07, 6.45) is 1.49. The van der Waals surface area contributed by atoms with Crippen LogP contribution in [0.15, 0.2) is 36.4 Å². The fraction of sp³-hybridized carbons (Fsp3) is 0.294. The van der Waals surface area contributed by atoms with Gasteiger partial charge in [0.1, 0.15) is 5.75 Å². The Balaban J connectivity index is 2.36. The van der Waals surface area contributed by atoms with E-state index in [4.69, 9.17) is 22.1 Å². The number of halogens is 2. The zero-order valence-corrected chi connectivity index (χ0v) is 13.0. The topological polar surface area (TPSA) is 35.2 Å². The van der Waals surface area contributed by atoms with Gasteiger partial charge in [0, 0.05) is 6.04 Å². The third kappa shape index (κ3) is 3.96. The Labute approximate surface area is 129 Å². The first-order chi connectivity index (χ1) is 10.0. The van der Waals surface area contributed by atoms with E-state index >= 15 is 0 Å². The van der Waals surface area contributed by atoms with Crippen LogP contribution < -0.4 is 10.5 Å². The molecule has 0 aromatic heterocycles. The van der Waals surface area contributed by atoms with Gasteiger partial charge in [0.2, 0.25) is 0 Å². The monoisotopic (exact) mass is 307 g/mol. The highest BCUT2D eigenvalue weighted by atomic mass is 35.5. The zero-order chi connectivity index (χ0) is 15.4. The van der Waals surface area contributed by atoms with Crippen LogP contribution in [0, 0.1) is 12.7 Å². The summed E-state index contributed by atoms with van der Waals surface area (Å²) in [5.74, 6) is 0.244. The number of para-hydroxylation sites is 1. The van der Waals surface area contributed by atoms with Crippen LogP contribution in [0.4, 0.5) is 4.39 Å². The van der Waals surface area contributed by atoms with Crippen molar-refractivity contribution in [3.63, 3.8) is 0 Å². The molecule has 0 saturated carbocycles. The Kier molecular flexibility index (Phi) is 5.21. The Morgan fingerprint density at radius 2 is 2.05 bits per heavy atom. The van der Waals surface area contributed by atoms with Crippen LogP contribution in [0.2, 0.25) is 5.02 Å². The summed E-state index contributed by atoms with van der Waals surface area (Å²) in [7, 11) is 0. The Morgan fingerprint density at radius 3 is 2.76 bits per heavy atom. The van der Waals surface area contributed by atoms with E-state index in [2.05, 4.69) is 0 Å². The normalized spacial score (nSPS) is 12.2. The highest BCUT2D eigenvalue weighted by molar-refractivity contribution is 6.32. The molecule has 0 amide bonds. The second-order valence-corrected chi connectivity index (χ2v) is 5.54. The van der Waals surface area contributed by atoms with Gasteiger partial charge in [-0.05, 0) is 49.1 Å². The lowest BCUT2D eigenvalue weighted by Gasteiger charge is -2.16. The predicted octanol–water partition coefficient (Wildman–Crippen LogP) is 4.86. The van der Waals surface area contributed by atoms with Crippen LogP contribution in [0.1, 0.15) is 24.5 Å². The second-order valence-electron chi connectivity index (χ2n) is 5.14. The third-order valence-corrected chi connectivity index (χ3v) is 3.65. The van der Waals surface area contributed by atoms with E-state index < -0.39 is 5.82 Å². The van der Waals surface area contributed by atoms with Gasteiger partial charge >= 0.3 is 0 Å². The first-order valence-electron chi connectivity index (χ1n) is 6.98. The van der Waals surface area contributed by atoms with Crippen molar-refractivity contribution in [1.82, 2.24) is 0 Å².